The number of rotatable bonds is 5. The highest BCUT2D eigenvalue weighted by Crippen LogP contribution is 2.33. The van der Waals surface area contributed by atoms with Crippen molar-refractivity contribution in [1.82, 2.24) is 20.3 Å². The minimum atomic E-state index is 0.253. The molecular formula is C24H31N5O. The van der Waals surface area contributed by atoms with E-state index in [1.165, 1.54) is 36.9 Å². The van der Waals surface area contributed by atoms with E-state index in [1.807, 2.05) is 12.1 Å². The van der Waals surface area contributed by atoms with Crippen LogP contribution < -0.4 is 10.2 Å². The lowest BCUT2D eigenvalue weighted by Gasteiger charge is -2.34. The van der Waals surface area contributed by atoms with E-state index in [4.69, 9.17) is 9.97 Å². The molecule has 2 fully saturated rings. The quantitative estimate of drug-likeness (QED) is 0.821. The number of nitrogens with zero attached hydrogens (tertiary/aromatic N) is 4. The Hall–Kier alpha value is -2.50. The van der Waals surface area contributed by atoms with Crippen LogP contribution in [0, 0.1) is 5.92 Å². The van der Waals surface area contributed by atoms with E-state index in [0.29, 0.717) is 12.0 Å². The maximum Gasteiger partial charge on any atom is 0.220 e. The van der Waals surface area contributed by atoms with Crippen LogP contribution in [0.2, 0.25) is 0 Å². The fourth-order valence-electron chi connectivity index (χ4n) is 5.30. The molecule has 6 heteroatoms. The zero-order chi connectivity index (χ0) is 20.3. The fourth-order valence-corrected chi connectivity index (χ4v) is 5.30. The zero-order valence-corrected chi connectivity index (χ0v) is 17.6. The van der Waals surface area contributed by atoms with Crippen molar-refractivity contribution < 1.29 is 4.79 Å². The van der Waals surface area contributed by atoms with Crippen molar-refractivity contribution in [2.24, 2.45) is 5.92 Å². The average molecular weight is 406 g/mol. The Morgan fingerprint density at radius 2 is 1.77 bits per heavy atom. The summed E-state index contributed by atoms with van der Waals surface area (Å²) in [6.07, 6.45) is 14.6. The Balaban J connectivity index is 1.26. The minimum absolute atomic E-state index is 0.253. The largest absolute Gasteiger partial charge is 0.356 e. The zero-order valence-electron chi connectivity index (χ0n) is 17.6. The molecule has 3 heterocycles. The highest BCUT2D eigenvalue weighted by molar-refractivity contribution is 5.76. The molecule has 158 valence electrons. The number of anilines is 1. The predicted molar refractivity (Wildman–Crippen MR) is 117 cm³/mol. The van der Waals surface area contributed by atoms with Gasteiger partial charge >= 0.3 is 0 Å². The van der Waals surface area contributed by atoms with Gasteiger partial charge in [0.05, 0.1) is 0 Å². The Kier molecular flexibility index (Phi) is 5.65. The average Bonchev–Trinajstić information content (AvgIpc) is 3.46. The molecule has 0 bridgehead atoms. The van der Waals surface area contributed by atoms with E-state index in [2.05, 4.69) is 15.2 Å². The van der Waals surface area contributed by atoms with Crippen LogP contribution in [-0.4, -0.2) is 40.0 Å². The topological polar surface area (TPSA) is 71.0 Å². The van der Waals surface area contributed by atoms with Gasteiger partial charge in [-0.25, -0.2) is 9.97 Å². The van der Waals surface area contributed by atoms with Gasteiger partial charge < -0.3 is 10.2 Å². The third-order valence-electron chi connectivity index (χ3n) is 6.96. The second-order valence-electron chi connectivity index (χ2n) is 9.07. The van der Waals surface area contributed by atoms with Crippen molar-refractivity contribution in [3.05, 3.63) is 35.8 Å². The number of carbonyl (C=O) groups is 1. The first kappa shape index (κ1) is 19.5. The van der Waals surface area contributed by atoms with Crippen LogP contribution in [0.3, 0.4) is 0 Å². The van der Waals surface area contributed by atoms with Gasteiger partial charge in [-0.3, -0.25) is 9.78 Å². The van der Waals surface area contributed by atoms with Crippen molar-refractivity contribution in [2.45, 2.75) is 70.3 Å². The summed E-state index contributed by atoms with van der Waals surface area (Å²) in [6, 6.07) is 4.25. The van der Waals surface area contributed by atoms with Gasteiger partial charge in [-0.05, 0) is 63.0 Å². The summed E-state index contributed by atoms with van der Waals surface area (Å²) in [4.78, 5) is 28.8. The number of carbonyl (C=O) groups excluding carboxylic acids is 1. The second kappa shape index (κ2) is 8.70. The maximum atomic E-state index is 12.4. The van der Waals surface area contributed by atoms with Crippen LogP contribution >= 0.6 is 0 Å². The third-order valence-corrected chi connectivity index (χ3v) is 6.96. The molecule has 2 aliphatic carbocycles. The van der Waals surface area contributed by atoms with Crippen LogP contribution in [-0.2, 0) is 17.6 Å². The maximum absolute atomic E-state index is 12.4. The van der Waals surface area contributed by atoms with Gasteiger partial charge in [-0.15, -0.1) is 0 Å². The van der Waals surface area contributed by atoms with Gasteiger partial charge in [0.25, 0.3) is 0 Å². The first-order chi connectivity index (χ1) is 14.8. The molecule has 0 atom stereocenters. The lowest BCUT2D eigenvalue weighted by Crippen LogP contribution is -2.45. The number of amides is 1. The molecule has 1 amide bonds. The van der Waals surface area contributed by atoms with Crippen LogP contribution in [0.15, 0.2) is 24.5 Å². The van der Waals surface area contributed by atoms with E-state index in [9.17, 15) is 4.79 Å². The summed E-state index contributed by atoms with van der Waals surface area (Å²) in [6.45, 7) is 1.88. The van der Waals surface area contributed by atoms with E-state index in [1.54, 1.807) is 12.4 Å². The molecule has 2 aromatic rings. The minimum Gasteiger partial charge on any atom is -0.356 e. The number of nitrogens with one attached hydrogen (secondary N) is 1. The van der Waals surface area contributed by atoms with Gasteiger partial charge in [0, 0.05) is 54.8 Å². The van der Waals surface area contributed by atoms with E-state index in [-0.39, 0.29) is 5.91 Å². The smallest absolute Gasteiger partial charge is 0.220 e. The Morgan fingerprint density at radius 3 is 2.53 bits per heavy atom. The van der Waals surface area contributed by atoms with Crippen molar-refractivity contribution in [2.75, 3.05) is 18.0 Å². The summed E-state index contributed by atoms with van der Waals surface area (Å²) in [5.41, 5.74) is 3.56. The summed E-state index contributed by atoms with van der Waals surface area (Å²) >= 11 is 0. The van der Waals surface area contributed by atoms with Crippen LogP contribution in [0.1, 0.15) is 62.6 Å². The molecule has 0 radical (unpaired) electrons. The standard InChI is InChI=1S/C24H31N5O/c30-22(16-17-4-1-2-5-17)26-19-10-14-29(15-11-19)24-20-6-3-7-21(20)27-23(28-24)18-8-12-25-13-9-18/h8-9,12-13,17,19H,1-7,10-11,14-16H2,(H,26,30). The first-order valence-corrected chi connectivity index (χ1v) is 11.6. The molecular weight excluding hydrogens is 374 g/mol. The number of pyridine rings is 1. The number of fused-ring (bicyclic) bond motifs is 1. The SMILES string of the molecule is O=C(CC1CCCC1)NC1CCN(c2nc(-c3ccncc3)nc3c2CCC3)CC1. The number of aromatic nitrogens is 3. The van der Waals surface area contributed by atoms with Crippen LogP contribution in [0.5, 0.6) is 0 Å². The lowest BCUT2D eigenvalue weighted by atomic mass is 10.0. The lowest BCUT2D eigenvalue weighted by molar-refractivity contribution is -0.122. The molecule has 3 aliphatic rings. The number of piperidine rings is 1. The molecule has 0 aromatic carbocycles. The summed E-state index contributed by atoms with van der Waals surface area (Å²) in [7, 11) is 0. The molecule has 1 N–H and O–H groups in total. The number of aryl methyl sites for hydroxylation is 1. The van der Waals surface area contributed by atoms with Crippen molar-refractivity contribution in [3.8, 4) is 11.4 Å². The monoisotopic (exact) mass is 405 g/mol. The van der Waals surface area contributed by atoms with E-state index in [0.717, 1.165) is 68.8 Å². The van der Waals surface area contributed by atoms with Crippen LogP contribution in [0.4, 0.5) is 5.82 Å². The number of hydrogen-bond donors (Lipinski definition) is 1. The normalized spacial score (nSPS) is 19.8. The second-order valence-corrected chi connectivity index (χ2v) is 9.07. The summed E-state index contributed by atoms with van der Waals surface area (Å²) in [5.74, 6) is 2.78. The fraction of sp³-hybridized carbons (Fsp3) is 0.583. The molecule has 30 heavy (non-hydrogen) atoms. The van der Waals surface area contributed by atoms with Gasteiger partial charge in [0.1, 0.15) is 5.82 Å². The Morgan fingerprint density at radius 1 is 1.00 bits per heavy atom. The molecule has 2 aromatic heterocycles. The molecule has 1 aliphatic heterocycles. The number of hydrogen-bond acceptors (Lipinski definition) is 5. The highest BCUT2D eigenvalue weighted by atomic mass is 16.1. The third kappa shape index (κ3) is 4.18. The molecule has 1 saturated carbocycles. The molecule has 5 rings (SSSR count). The summed E-state index contributed by atoms with van der Waals surface area (Å²) in [5, 5.41) is 3.30. The molecule has 6 nitrogen and oxygen atoms in total. The van der Waals surface area contributed by atoms with Gasteiger partial charge in [-0.2, -0.15) is 0 Å². The van der Waals surface area contributed by atoms with Crippen molar-refractivity contribution >= 4 is 11.7 Å². The van der Waals surface area contributed by atoms with Gasteiger partial charge in [0.15, 0.2) is 5.82 Å². The van der Waals surface area contributed by atoms with Gasteiger partial charge in [0.2, 0.25) is 5.91 Å². The van der Waals surface area contributed by atoms with Crippen LogP contribution in [0.25, 0.3) is 11.4 Å². The first-order valence-electron chi connectivity index (χ1n) is 11.6. The summed E-state index contributed by atoms with van der Waals surface area (Å²) < 4.78 is 0. The highest BCUT2D eigenvalue weighted by Gasteiger charge is 2.28. The molecule has 0 unspecified atom stereocenters. The molecule has 1 saturated heterocycles. The van der Waals surface area contributed by atoms with Gasteiger partial charge in [-0.1, -0.05) is 12.8 Å². The predicted octanol–water partition coefficient (Wildman–Crippen LogP) is 3.69. The van der Waals surface area contributed by atoms with Crippen molar-refractivity contribution in [3.63, 3.8) is 0 Å². The molecule has 0 spiro atoms. The van der Waals surface area contributed by atoms with Crippen molar-refractivity contribution in [1.29, 1.82) is 0 Å². The Labute approximate surface area is 178 Å². The van der Waals surface area contributed by atoms with E-state index < -0.39 is 0 Å². The Bertz CT molecular complexity index is 886. The van der Waals surface area contributed by atoms with E-state index >= 15 is 0 Å².